The Balaban J connectivity index is 2.67. The maximum atomic E-state index is 11.1. The molecule has 0 aliphatic heterocycles. The van der Waals surface area contributed by atoms with E-state index in [0.29, 0.717) is 5.52 Å². The number of amides is 1. The fourth-order valence-corrected chi connectivity index (χ4v) is 1.32. The maximum Gasteiger partial charge on any atom is 0.297 e. The average Bonchev–Trinajstić information content (AvgIpc) is 2.27. The highest BCUT2D eigenvalue weighted by Gasteiger charge is 2.12. The summed E-state index contributed by atoms with van der Waals surface area (Å²) in [6.07, 6.45) is 0. The summed E-state index contributed by atoms with van der Waals surface area (Å²) in [5.74, 6) is -1.10. The largest absolute Gasteiger partial charge is 0.505 e. The lowest BCUT2D eigenvalue weighted by atomic mass is 10.2. The molecular formula is C10H8N2O3. The molecule has 76 valence electrons. The van der Waals surface area contributed by atoms with E-state index in [1.54, 1.807) is 24.3 Å². The van der Waals surface area contributed by atoms with Gasteiger partial charge in [-0.15, -0.1) is 0 Å². The lowest BCUT2D eigenvalue weighted by Crippen LogP contribution is -2.20. The van der Waals surface area contributed by atoms with Crippen LogP contribution >= 0.6 is 0 Å². The smallest absolute Gasteiger partial charge is 0.297 e. The van der Waals surface area contributed by atoms with E-state index in [9.17, 15) is 9.90 Å². The summed E-state index contributed by atoms with van der Waals surface area (Å²) < 4.78 is 0. The lowest BCUT2D eigenvalue weighted by Gasteiger charge is -2.03. The van der Waals surface area contributed by atoms with E-state index in [2.05, 4.69) is 4.98 Å². The van der Waals surface area contributed by atoms with Crippen molar-refractivity contribution >= 4 is 16.8 Å². The van der Waals surface area contributed by atoms with Gasteiger partial charge in [0.1, 0.15) is 5.75 Å². The van der Waals surface area contributed by atoms with Gasteiger partial charge in [0.15, 0.2) is 5.69 Å². The fourth-order valence-electron chi connectivity index (χ4n) is 1.32. The molecule has 0 saturated carbocycles. The van der Waals surface area contributed by atoms with Crippen molar-refractivity contribution in [3.05, 3.63) is 36.0 Å². The van der Waals surface area contributed by atoms with Crippen molar-refractivity contribution in [2.24, 2.45) is 0 Å². The normalized spacial score (nSPS) is 10.2. The third-order valence-electron chi connectivity index (χ3n) is 2.02. The number of nitrogens with one attached hydrogen (secondary N) is 1. The molecule has 0 radical (unpaired) electrons. The number of hydrogen-bond donors (Lipinski definition) is 3. The van der Waals surface area contributed by atoms with E-state index in [1.807, 2.05) is 0 Å². The minimum Gasteiger partial charge on any atom is -0.505 e. The van der Waals surface area contributed by atoms with Crippen molar-refractivity contribution in [2.45, 2.75) is 0 Å². The number of nitrogens with zero attached hydrogens (tertiary/aromatic N) is 1. The standard InChI is InChI=1S/C10H8N2O3/c13-8-5-6-3-1-2-4-7(6)11-9(8)10(14)12-15/h1-5,13,15H,(H,12,14). The molecule has 15 heavy (non-hydrogen) atoms. The number of aromatic nitrogens is 1. The zero-order chi connectivity index (χ0) is 10.8. The molecule has 1 heterocycles. The van der Waals surface area contributed by atoms with E-state index in [4.69, 9.17) is 5.21 Å². The fraction of sp³-hybridized carbons (Fsp3) is 0. The molecule has 0 bridgehead atoms. The van der Waals surface area contributed by atoms with E-state index < -0.39 is 5.91 Å². The molecule has 0 spiro atoms. The second kappa shape index (κ2) is 3.55. The average molecular weight is 204 g/mol. The summed E-state index contributed by atoms with van der Waals surface area (Å²) in [6.45, 7) is 0. The Morgan fingerprint density at radius 3 is 2.80 bits per heavy atom. The summed E-state index contributed by atoms with van der Waals surface area (Å²) in [5, 5.41) is 18.6. The van der Waals surface area contributed by atoms with Gasteiger partial charge in [-0.25, -0.2) is 10.5 Å². The molecule has 0 aliphatic rings. The van der Waals surface area contributed by atoms with Crippen LogP contribution in [0.2, 0.25) is 0 Å². The topological polar surface area (TPSA) is 82.5 Å². The summed E-state index contributed by atoms with van der Waals surface area (Å²) in [6, 6.07) is 8.47. The van der Waals surface area contributed by atoms with E-state index >= 15 is 0 Å². The molecule has 1 amide bonds. The quantitative estimate of drug-likeness (QED) is 0.479. The van der Waals surface area contributed by atoms with Crippen molar-refractivity contribution in [1.82, 2.24) is 10.5 Å². The van der Waals surface area contributed by atoms with Gasteiger partial charge in [0, 0.05) is 5.39 Å². The van der Waals surface area contributed by atoms with Crippen molar-refractivity contribution < 1.29 is 15.1 Å². The Kier molecular flexibility index (Phi) is 2.23. The number of hydrogen-bond acceptors (Lipinski definition) is 4. The molecule has 5 nitrogen and oxygen atoms in total. The number of pyridine rings is 1. The van der Waals surface area contributed by atoms with Gasteiger partial charge in [-0.2, -0.15) is 0 Å². The van der Waals surface area contributed by atoms with Crippen LogP contribution in [0.25, 0.3) is 10.9 Å². The zero-order valence-electron chi connectivity index (χ0n) is 7.64. The Morgan fingerprint density at radius 2 is 2.07 bits per heavy atom. The zero-order valence-corrected chi connectivity index (χ0v) is 7.64. The molecule has 2 rings (SSSR count). The van der Waals surface area contributed by atoms with Crippen LogP contribution in [0.5, 0.6) is 5.75 Å². The lowest BCUT2D eigenvalue weighted by molar-refractivity contribution is 0.0698. The monoisotopic (exact) mass is 204 g/mol. The Hall–Kier alpha value is -2.14. The van der Waals surface area contributed by atoms with Gasteiger partial charge in [-0.05, 0) is 12.1 Å². The summed E-state index contributed by atoms with van der Waals surface area (Å²) in [4.78, 5) is 15.0. The van der Waals surface area contributed by atoms with Crippen LogP contribution in [0.4, 0.5) is 0 Å². The maximum absolute atomic E-state index is 11.1. The molecule has 0 atom stereocenters. The van der Waals surface area contributed by atoms with E-state index in [-0.39, 0.29) is 11.4 Å². The first-order valence-electron chi connectivity index (χ1n) is 4.25. The van der Waals surface area contributed by atoms with Gasteiger partial charge in [0.2, 0.25) is 0 Å². The van der Waals surface area contributed by atoms with Gasteiger partial charge >= 0.3 is 0 Å². The number of aromatic hydroxyl groups is 1. The van der Waals surface area contributed by atoms with Crippen LogP contribution in [0.3, 0.4) is 0 Å². The van der Waals surface area contributed by atoms with Gasteiger partial charge in [0.25, 0.3) is 5.91 Å². The molecular weight excluding hydrogens is 196 g/mol. The van der Waals surface area contributed by atoms with Gasteiger partial charge in [0.05, 0.1) is 5.52 Å². The van der Waals surface area contributed by atoms with Crippen molar-refractivity contribution in [3.8, 4) is 5.75 Å². The van der Waals surface area contributed by atoms with Crippen molar-refractivity contribution in [2.75, 3.05) is 0 Å². The van der Waals surface area contributed by atoms with Gasteiger partial charge < -0.3 is 5.11 Å². The van der Waals surface area contributed by atoms with E-state index in [0.717, 1.165) is 5.39 Å². The van der Waals surface area contributed by atoms with Crippen LogP contribution in [0.15, 0.2) is 30.3 Å². The van der Waals surface area contributed by atoms with E-state index in [1.165, 1.54) is 11.5 Å². The number of rotatable bonds is 1. The minimum atomic E-state index is -0.835. The van der Waals surface area contributed by atoms with Gasteiger partial charge in [-0.1, -0.05) is 18.2 Å². The highest BCUT2D eigenvalue weighted by atomic mass is 16.5. The Morgan fingerprint density at radius 1 is 1.33 bits per heavy atom. The first-order chi connectivity index (χ1) is 7.22. The molecule has 0 fully saturated rings. The highest BCUT2D eigenvalue weighted by molar-refractivity contribution is 5.97. The number of fused-ring (bicyclic) bond motifs is 1. The van der Waals surface area contributed by atoms with Crippen molar-refractivity contribution in [3.63, 3.8) is 0 Å². The van der Waals surface area contributed by atoms with Crippen LogP contribution in [-0.2, 0) is 0 Å². The number of benzene rings is 1. The first kappa shape index (κ1) is 9.42. The molecule has 0 unspecified atom stereocenters. The number of carbonyl (C=O) groups excluding carboxylic acids is 1. The number of hydroxylamine groups is 1. The first-order valence-corrected chi connectivity index (χ1v) is 4.25. The van der Waals surface area contributed by atoms with Gasteiger partial charge in [-0.3, -0.25) is 10.0 Å². The predicted molar refractivity (Wildman–Crippen MR) is 52.7 cm³/mol. The summed E-state index contributed by atoms with van der Waals surface area (Å²) >= 11 is 0. The molecule has 1 aromatic carbocycles. The second-order valence-electron chi connectivity index (χ2n) is 2.99. The number of para-hydroxylation sites is 1. The molecule has 3 N–H and O–H groups in total. The minimum absolute atomic E-state index is 0.198. The summed E-state index contributed by atoms with van der Waals surface area (Å²) in [7, 11) is 0. The Labute approximate surface area is 85.0 Å². The Bertz CT molecular complexity index is 525. The highest BCUT2D eigenvalue weighted by Crippen LogP contribution is 2.21. The molecule has 5 heteroatoms. The number of carbonyl (C=O) groups is 1. The van der Waals surface area contributed by atoms with Crippen molar-refractivity contribution in [1.29, 1.82) is 0 Å². The van der Waals surface area contributed by atoms with Crippen LogP contribution in [0, 0.1) is 0 Å². The molecule has 1 aromatic heterocycles. The van der Waals surface area contributed by atoms with Crippen LogP contribution in [0.1, 0.15) is 10.5 Å². The van der Waals surface area contributed by atoms with Crippen LogP contribution < -0.4 is 5.48 Å². The second-order valence-corrected chi connectivity index (χ2v) is 2.99. The molecule has 2 aromatic rings. The summed E-state index contributed by atoms with van der Waals surface area (Å²) in [5.41, 5.74) is 1.81. The SMILES string of the molecule is O=C(NO)c1nc2ccccc2cc1O. The molecule has 0 saturated heterocycles. The van der Waals surface area contributed by atoms with Crippen LogP contribution in [-0.4, -0.2) is 21.2 Å². The predicted octanol–water partition coefficient (Wildman–Crippen LogP) is 1.06. The molecule has 0 aliphatic carbocycles. The third-order valence-corrected chi connectivity index (χ3v) is 2.02. The third kappa shape index (κ3) is 1.60.